The Morgan fingerprint density at radius 3 is 1.89 bits per heavy atom. The van der Waals surface area contributed by atoms with Crippen molar-refractivity contribution in [2.75, 3.05) is 0 Å². The third-order valence-electron chi connectivity index (χ3n) is 10.2. The third-order valence-corrected chi connectivity index (χ3v) is 10.2. The highest BCUT2D eigenvalue weighted by atomic mass is 16.5. The maximum absolute atomic E-state index is 11.7. The van der Waals surface area contributed by atoms with Crippen LogP contribution in [0.5, 0.6) is 0 Å². The lowest BCUT2D eigenvalue weighted by Gasteiger charge is -2.24. The first-order valence-electron chi connectivity index (χ1n) is 18.7. The molecule has 0 bridgehead atoms. The summed E-state index contributed by atoms with van der Waals surface area (Å²) in [6.45, 7) is 4.10. The van der Waals surface area contributed by atoms with E-state index in [9.17, 15) is 25.2 Å². The lowest BCUT2D eigenvalue weighted by Crippen LogP contribution is -2.33. The summed E-state index contributed by atoms with van der Waals surface area (Å²) in [6.07, 6.45) is 21.1. The molecule has 2 fully saturated rings. The van der Waals surface area contributed by atoms with Gasteiger partial charge in [0.05, 0.1) is 48.8 Å². The number of aliphatic hydroxyl groups is 4. The topological polar surface area (TPSA) is 126 Å². The summed E-state index contributed by atoms with van der Waals surface area (Å²) in [5.74, 6) is -0.145. The summed E-state index contributed by atoms with van der Waals surface area (Å²) < 4.78 is 17.4. The molecule has 2 saturated heterocycles. The number of cyclic esters (lactones) is 1. The van der Waals surface area contributed by atoms with Gasteiger partial charge in [0.15, 0.2) is 0 Å². The Kier molecular flexibility index (Phi) is 18.6. The molecular weight excluding hydrogens is 572 g/mol. The lowest BCUT2D eigenvalue weighted by atomic mass is 9.98. The molecular formula is C37H66O8. The van der Waals surface area contributed by atoms with E-state index >= 15 is 0 Å². The minimum Gasteiger partial charge on any atom is -0.455 e. The molecule has 3 aliphatic rings. The minimum atomic E-state index is -0.657. The molecule has 0 saturated carbocycles. The van der Waals surface area contributed by atoms with Gasteiger partial charge in [0.1, 0.15) is 6.10 Å². The molecule has 45 heavy (non-hydrogen) atoms. The molecule has 3 heterocycles. The number of unbranched alkanes of at least 4 members (excludes halogenated alkanes) is 9. The van der Waals surface area contributed by atoms with E-state index in [2.05, 4.69) is 6.92 Å². The summed E-state index contributed by atoms with van der Waals surface area (Å²) in [6, 6.07) is 0. The molecule has 0 spiro atoms. The Labute approximate surface area is 273 Å². The van der Waals surface area contributed by atoms with Crippen LogP contribution in [0.25, 0.3) is 0 Å². The Morgan fingerprint density at radius 2 is 1.22 bits per heavy atom. The van der Waals surface area contributed by atoms with Crippen molar-refractivity contribution in [3.05, 3.63) is 11.6 Å². The normalized spacial score (nSPS) is 27.8. The molecule has 0 aromatic rings. The molecule has 8 nitrogen and oxygen atoms in total. The van der Waals surface area contributed by atoms with Crippen molar-refractivity contribution in [3.8, 4) is 0 Å². The molecule has 9 atom stereocenters. The van der Waals surface area contributed by atoms with Gasteiger partial charge in [-0.25, -0.2) is 4.79 Å². The van der Waals surface area contributed by atoms with E-state index < -0.39 is 18.3 Å². The van der Waals surface area contributed by atoms with Gasteiger partial charge in [-0.3, -0.25) is 0 Å². The van der Waals surface area contributed by atoms with E-state index in [4.69, 9.17) is 14.2 Å². The van der Waals surface area contributed by atoms with Crippen molar-refractivity contribution in [3.63, 3.8) is 0 Å². The van der Waals surface area contributed by atoms with E-state index in [1.807, 2.05) is 13.0 Å². The van der Waals surface area contributed by atoms with Gasteiger partial charge >= 0.3 is 5.97 Å². The third kappa shape index (κ3) is 14.7. The SMILES string of the molecule is CCCCCCC[C@@H](O)CCC[C@H](O)[C@@H]1CC[C@@H]([C@H](O)CC[C@H](O)[C@H]2CC[C@H](CCCCCCCCC3=C[C@H](C)OC3=O)O2)O1. The molecule has 0 radical (unpaired) electrons. The van der Waals surface area contributed by atoms with Gasteiger partial charge in [-0.2, -0.15) is 0 Å². The molecule has 4 N–H and O–H groups in total. The number of hydrogen-bond donors (Lipinski definition) is 4. The van der Waals surface area contributed by atoms with Crippen molar-refractivity contribution in [2.45, 2.75) is 216 Å². The van der Waals surface area contributed by atoms with Gasteiger partial charge in [-0.05, 0) is 96.5 Å². The van der Waals surface area contributed by atoms with Crippen molar-refractivity contribution in [1.82, 2.24) is 0 Å². The van der Waals surface area contributed by atoms with Crippen molar-refractivity contribution in [1.29, 1.82) is 0 Å². The second kappa shape index (κ2) is 21.8. The highest BCUT2D eigenvalue weighted by Crippen LogP contribution is 2.31. The zero-order valence-electron chi connectivity index (χ0n) is 28.5. The maximum Gasteiger partial charge on any atom is 0.334 e. The number of ether oxygens (including phenoxy) is 3. The van der Waals surface area contributed by atoms with E-state index in [1.54, 1.807) is 0 Å². The zero-order chi connectivity index (χ0) is 32.4. The number of carbonyl (C=O) groups is 1. The van der Waals surface area contributed by atoms with Crippen molar-refractivity contribution < 1.29 is 39.4 Å². The van der Waals surface area contributed by atoms with Crippen LogP contribution < -0.4 is 0 Å². The number of rotatable bonds is 25. The fourth-order valence-electron chi connectivity index (χ4n) is 7.28. The number of carbonyl (C=O) groups excluding carboxylic acids is 1. The van der Waals surface area contributed by atoms with Crippen LogP contribution in [-0.2, 0) is 19.0 Å². The second-order valence-corrected chi connectivity index (χ2v) is 14.2. The highest BCUT2D eigenvalue weighted by molar-refractivity contribution is 5.90. The number of esters is 1. The quantitative estimate of drug-likeness (QED) is 0.0634. The van der Waals surface area contributed by atoms with Crippen LogP contribution in [-0.4, -0.2) is 81.3 Å². The summed E-state index contributed by atoms with van der Waals surface area (Å²) >= 11 is 0. The molecule has 262 valence electrons. The fourth-order valence-corrected chi connectivity index (χ4v) is 7.28. The van der Waals surface area contributed by atoms with Crippen LogP contribution in [0, 0.1) is 0 Å². The Balaban J connectivity index is 1.17. The van der Waals surface area contributed by atoms with E-state index in [1.165, 1.54) is 44.9 Å². The predicted octanol–water partition coefficient (Wildman–Crippen LogP) is 6.83. The van der Waals surface area contributed by atoms with Crippen molar-refractivity contribution in [2.24, 2.45) is 0 Å². The molecule has 0 unspecified atom stereocenters. The molecule has 8 heteroatoms. The summed E-state index contributed by atoms with van der Waals surface area (Å²) in [7, 11) is 0. The fraction of sp³-hybridized carbons (Fsp3) is 0.919. The standard InChI is InChI=1S/C37H66O8/c1-3-4-5-8-12-16-29(38)17-14-19-31(39)35-24-25-36(45-35)33(41)22-21-32(40)34-23-20-30(44-34)18-13-10-7-6-9-11-15-28-26-27(2)43-37(28)42/h26-27,29-36,38-41H,3-25H2,1-2H3/t27-,29+,30-,31-,32-,33+,34+,35-,36-/m0/s1. The largest absolute Gasteiger partial charge is 0.455 e. The van der Waals surface area contributed by atoms with Gasteiger partial charge in [0.25, 0.3) is 0 Å². The van der Waals surface area contributed by atoms with Gasteiger partial charge < -0.3 is 34.6 Å². The first-order valence-corrected chi connectivity index (χ1v) is 18.7. The lowest BCUT2D eigenvalue weighted by molar-refractivity contribution is -0.139. The van der Waals surface area contributed by atoms with Crippen LogP contribution in [0.2, 0.25) is 0 Å². The van der Waals surface area contributed by atoms with Crippen LogP contribution in [0.3, 0.4) is 0 Å². The first-order chi connectivity index (χ1) is 21.8. The van der Waals surface area contributed by atoms with Gasteiger partial charge in [-0.15, -0.1) is 0 Å². The van der Waals surface area contributed by atoms with Crippen molar-refractivity contribution >= 4 is 5.97 Å². The monoisotopic (exact) mass is 638 g/mol. The van der Waals surface area contributed by atoms with Gasteiger partial charge in [-0.1, -0.05) is 71.1 Å². The summed E-state index contributed by atoms with van der Waals surface area (Å²) in [5.41, 5.74) is 0.838. The van der Waals surface area contributed by atoms with Crippen LogP contribution in [0.1, 0.15) is 162 Å². The average molecular weight is 639 g/mol. The van der Waals surface area contributed by atoms with Crippen LogP contribution in [0.4, 0.5) is 0 Å². The zero-order valence-corrected chi connectivity index (χ0v) is 28.5. The summed E-state index contributed by atoms with van der Waals surface area (Å²) in [5, 5.41) is 42.4. The Bertz CT molecular complexity index is 833. The molecule has 3 rings (SSSR count). The molecule has 0 aliphatic carbocycles. The Morgan fingerprint density at radius 1 is 0.667 bits per heavy atom. The number of hydrogen-bond acceptors (Lipinski definition) is 8. The number of aliphatic hydroxyl groups excluding tert-OH is 4. The first kappa shape index (κ1) is 38.4. The second-order valence-electron chi connectivity index (χ2n) is 14.2. The molecule has 0 aromatic heterocycles. The van der Waals surface area contributed by atoms with Gasteiger partial charge in [0, 0.05) is 5.57 Å². The summed E-state index contributed by atoms with van der Waals surface area (Å²) in [4.78, 5) is 11.7. The average Bonchev–Trinajstić information content (AvgIpc) is 3.77. The van der Waals surface area contributed by atoms with E-state index in [0.717, 1.165) is 76.2 Å². The predicted molar refractivity (Wildman–Crippen MR) is 177 cm³/mol. The Hall–Kier alpha value is -1.03. The maximum atomic E-state index is 11.7. The minimum absolute atomic E-state index is 0.0738. The van der Waals surface area contributed by atoms with Crippen LogP contribution in [0.15, 0.2) is 11.6 Å². The van der Waals surface area contributed by atoms with Crippen LogP contribution >= 0.6 is 0 Å². The van der Waals surface area contributed by atoms with Gasteiger partial charge in [0.2, 0.25) is 0 Å². The molecule has 0 amide bonds. The smallest absolute Gasteiger partial charge is 0.334 e. The molecule has 0 aromatic carbocycles. The highest BCUT2D eigenvalue weighted by Gasteiger charge is 2.36. The van der Waals surface area contributed by atoms with E-state index in [-0.39, 0.29) is 42.6 Å². The molecule has 3 aliphatic heterocycles. The van der Waals surface area contributed by atoms with E-state index in [0.29, 0.717) is 32.1 Å².